The molecule has 100 valence electrons. The van der Waals surface area contributed by atoms with Crippen LogP contribution < -0.4 is 5.73 Å². The summed E-state index contributed by atoms with van der Waals surface area (Å²) >= 11 is 12.1. The summed E-state index contributed by atoms with van der Waals surface area (Å²) in [6.07, 6.45) is 3.93. The molecular weight excluding hydrogens is 267 g/mol. The van der Waals surface area contributed by atoms with Gasteiger partial charge >= 0.3 is 0 Å². The molecule has 0 saturated heterocycles. The van der Waals surface area contributed by atoms with Crippen molar-refractivity contribution in [1.82, 2.24) is 4.90 Å². The molecule has 1 aliphatic carbocycles. The Morgan fingerprint density at radius 1 is 1.28 bits per heavy atom. The summed E-state index contributed by atoms with van der Waals surface area (Å²) < 4.78 is 0. The van der Waals surface area contributed by atoms with Crippen LogP contribution in [-0.4, -0.2) is 18.0 Å². The van der Waals surface area contributed by atoms with Gasteiger partial charge in [-0.1, -0.05) is 30.1 Å². The van der Waals surface area contributed by atoms with Gasteiger partial charge in [-0.15, -0.1) is 0 Å². The second kappa shape index (κ2) is 6.14. The Morgan fingerprint density at radius 2 is 1.89 bits per heavy atom. The largest absolute Gasteiger partial charge is 0.396 e. The summed E-state index contributed by atoms with van der Waals surface area (Å²) in [7, 11) is 0. The molecule has 1 aromatic rings. The van der Waals surface area contributed by atoms with Gasteiger partial charge in [-0.3, -0.25) is 4.90 Å². The molecular formula is C14H20Cl2N2. The molecule has 4 heteroatoms. The smallest absolute Gasteiger partial charge is 0.0693 e. The zero-order valence-corrected chi connectivity index (χ0v) is 12.3. The van der Waals surface area contributed by atoms with E-state index in [1.54, 1.807) is 0 Å². The molecule has 2 nitrogen and oxygen atoms in total. The van der Waals surface area contributed by atoms with Crippen molar-refractivity contribution in [2.45, 2.75) is 32.7 Å². The maximum atomic E-state index is 6.07. The second-order valence-electron chi connectivity index (χ2n) is 5.15. The quantitative estimate of drug-likeness (QED) is 0.795. The Labute approximate surface area is 119 Å². The Kier molecular flexibility index (Phi) is 4.77. The van der Waals surface area contributed by atoms with E-state index in [1.165, 1.54) is 25.8 Å². The third-order valence-electron chi connectivity index (χ3n) is 3.30. The number of nitrogens with two attached hydrogens (primary N) is 1. The third kappa shape index (κ3) is 3.78. The van der Waals surface area contributed by atoms with Crippen LogP contribution in [0.3, 0.4) is 0 Å². The van der Waals surface area contributed by atoms with E-state index in [1.807, 2.05) is 12.1 Å². The topological polar surface area (TPSA) is 29.3 Å². The molecule has 0 unspecified atom stereocenters. The van der Waals surface area contributed by atoms with Gasteiger partial charge in [0.05, 0.1) is 15.7 Å². The van der Waals surface area contributed by atoms with Gasteiger partial charge in [0.25, 0.3) is 0 Å². The Bertz CT molecular complexity index is 393. The van der Waals surface area contributed by atoms with Crippen molar-refractivity contribution in [2.75, 3.05) is 18.8 Å². The number of hydrogen-bond acceptors (Lipinski definition) is 2. The summed E-state index contributed by atoms with van der Waals surface area (Å²) in [5.74, 6) is 0.899. The molecule has 2 N–H and O–H groups in total. The van der Waals surface area contributed by atoms with E-state index in [0.717, 1.165) is 24.6 Å². The fourth-order valence-electron chi connectivity index (χ4n) is 2.20. The van der Waals surface area contributed by atoms with Crippen LogP contribution in [0.15, 0.2) is 12.1 Å². The molecule has 0 atom stereocenters. The van der Waals surface area contributed by atoms with E-state index in [2.05, 4.69) is 11.8 Å². The van der Waals surface area contributed by atoms with Crippen LogP contribution in [0.4, 0.5) is 5.69 Å². The first-order valence-corrected chi connectivity index (χ1v) is 7.31. The van der Waals surface area contributed by atoms with E-state index in [4.69, 9.17) is 28.9 Å². The van der Waals surface area contributed by atoms with Gasteiger partial charge in [0, 0.05) is 13.1 Å². The highest BCUT2D eigenvalue weighted by atomic mass is 35.5. The lowest BCUT2D eigenvalue weighted by Gasteiger charge is -2.22. The zero-order chi connectivity index (χ0) is 13.1. The summed E-state index contributed by atoms with van der Waals surface area (Å²) in [6.45, 7) is 5.43. The van der Waals surface area contributed by atoms with Gasteiger partial charge in [0.2, 0.25) is 0 Å². The molecule has 1 fully saturated rings. The minimum absolute atomic E-state index is 0.478. The van der Waals surface area contributed by atoms with Gasteiger partial charge in [0.15, 0.2) is 0 Å². The van der Waals surface area contributed by atoms with Crippen molar-refractivity contribution in [3.05, 3.63) is 27.7 Å². The van der Waals surface area contributed by atoms with E-state index >= 15 is 0 Å². The summed E-state index contributed by atoms with van der Waals surface area (Å²) in [5, 5.41) is 1.11. The lowest BCUT2D eigenvalue weighted by atomic mass is 10.2. The van der Waals surface area contributed by atoms with Crippen LogP contribution in [-0.2, 0) is 6.54 Å². The van der Waals surface area contributed by atoms with Gasteiger partial charge in [-0.25, -0.2) is 0 Å². The lowest BCUT2D eigenvalue weighted by Crippen LogP contribution is -2.26. The van der Waals surface area contributed by atoms with Crippen LogP contribution in [0.5, 0.6) is 0 Å². The standard InChI is InChI=1S/C14H20Cl2N2/c1-2-5-18(8-10-3-4-10)9-11-6-12(15)14(17)13(16)7-11/h6-7,10H,2-5,8-9,17H2,1H3. The number of nitrogen functional groups attached to an aromatic ring is 1. The molecule has 1 saturated carbocycles. The summed E-state index contributed by atoms with van der Waals surface area (Å²) in [4.78, 5) is 2.48. The van der Waals surface area contributed by atoms with Crippen molar-refractivity contribution in [1.29, 1.82) is 0 Å². The summed E-state index contributed by atoms with van der Waals surface area (Å²) in [5.41, 5.74) is 7.38. The van der Waals surface area contributed by atoms with E-state index in [0.29, 0.717) is 15.7 Å². The van der Waals surface area contributed by atoms with Crippen molar-refractivity contribution >= 4 is 28.9 Å². The average Bonchev–Trinajstić information content (AvgIpc) is 3.10. The Balaban J connectivity index is 2.04. The van der Waals surface area contributed by atoms with Gasteiger partial charge in [-0.05, 0) is 49.4 Å². The lowest BCUT2D eigenvalue weighted by molar-refractivity contribution is 0.255. The molecule has 1 aromatic carbocycles. The molecule has 0 bridgehead atoms. The molecule has 2 rings (SSSR count). The number of hydrogen-bond donors (Lipinski definition) is 1. The number of benzene rings is 1. The maximum Gasteiger partial charge on any atom is 0.0693 e. The van der Waals surface area contributed by atoms with Crippen molar-refractivity contribution < 1.29 is 0 Å². The monoisotopic (exact) mass is 286 g/mol. The van der Waals surface area contributed by atoms with Crippen LogP contribution in [0.25, 0.3) is 0 Å². The molecule has 0 spiro atoms. The van der Waals surface area contributed by atoms with Crippen LogP contribution >= 0.6 is 23.2 Å². The SMILES string of the molecule is CCCN(Cc1cc(Cl)c(N)c(Cl)c1)CC1CC1. The van der Waals surface area contributed by atoms with Gasteiger partial charge in [0.1, 0.15) is 0 Å². The highest BCUT2D eigenvalue weighted by molar-refractivity contribution is 6.38. The van der Waals surface area contributed by atoms with E-state index in [9.17, 15) is 0 Å². The average molecular weight is 287 g/mol. The van der Waals surface area contributed by atoms with Gasteiger partial charge in [-0.2, -0.15) is 0 Å². The second-order valence-corrected chi connectivity index (χ2v) is 5.97. The van der Waals surface area contributed by atoms with Crippen molar-refractivity contribution in [3.8, 4) is 0 Å². The molecule has 1 aliphatic rings. The van der Waals surface area contributed by atoms with Gasteiger partial charge < -0.3 is 5.73 Å². The van der Waals surface area contributed by atoms with E-state index in [-0.39, 0.29) is 0 Å². The first-order valence-electron chi connectivity index (χ1n) is 6.56. The maximum absolute atomic E-state index is 6.07. The first kappa shape index (κ1) is 14.0. The molecule has 0 aliphatic heterocycles. The van der Waals surface area contributed by atoms with E-state index < -0.39 is 0 Å². The Hall–Kier alpha value is -0.440. The molecule has 0 amide bonds. The molecule has 0 aromatic heterocycles. The fraction of sp³-hybridized carbons (Fsp3) is 0.571. The predicted octanol–water partition coefficient (Wildman–Crippen LogP) is 4.20. The summed E-state index contributed by atoms with van der Waals surface area (Å²) in [6, 6.07) is 3.86. The number of nitrogens with zero attached hydrogens (tertiary/aromatic N) is 1. The van der Waals surface area contributed by atoms with Crippen LogP contribution in [0.1, 0.15) is 31.7 Å². The minimum atomic E-state index is 0.478. The van der Waals surface area contributed by atoms with Crippen LogP contribution in [0, 0.1) is 5.92 Å². The normalized spacial score (nSPS) is 15.3. The molecule has 18 heavy (non-hydrogen) atoms. The predicted molar refractivity (Wildman–Crippen MR) is 79.2 cm³/mol. The molecule has 0 radical (unpaired) electrons. The number of halogens is 2. The number of anilines is 1. The molecule has 0 heterocycles. The van der Waals surface area contributed by atoms with Crippen LogP contribution in [0.2, 0.25) is 10.0 Å². The highest BCUT2D eigenvalue weighted by Crippen LogP contribution is 2.32. The third-order valence-corrected chi connectivity index (χ3v) is 3.92. The first-order chi connectivity index (χ1) is 8.60. The Morgan fingerprint density at radius 3 is 2.39 bits per heavy atom. The minimum Gasteiger partial charge on any atom is -0.396 e. The number of rotatable bonds is 6. The van der Waals surface area contributed by atoms with Crippen molar-refractivity contribution in [2.24, 2.45) is 5.92 Å². The van der Waals surface area contributed by atoms with Crippen molar-refractivity contribution in [3.63, 3.8) is 0 Å². The fourth-order valence-corrected chi connectivity index (χ4v) is 2.74. The highest BCUT2D eigenvalue weighted by Gasteiger charge is 2.24. The zero-order valence-electron chi connectivity index (χ0n) is 10.8.